The number of hydrogen-bond donors (Lipinski definition) is 0. The highest BCUT2D eigenvalue weighted by molar-refractivity contribution is 5.59. The molecule has 0 aliphatic carbocycles. The Morgan fingerprint density at radius 2 is 1.86 bits per heavy atom. The molecular weight excluding hydrogens is 184 g/mol. The lowest BCUT2D eigenvalue weighted by molar-refractivity contribution is -0.106. The molecule has 0 heterocycles. The van der Waals surface area contributed by atoms with Crippen molar-refractivity contribution in [2.45, 2.75) is 46.1 Å². The van der Waals surface area contributed by atoms with Crippen LogP contribution in [-0.2, 0) is 14.2 Å². The highest BCUT2D eigenvalue weighted by atomic mass is 16.8. The minimum absolute atomic E-state index is 0.0611. The molecule has 0 atom stereocenters. The van der Waals surface area contributed by atoms with Gasteiger partial charge in [0, 0.05) is 0 Å². The Labute approximate surface area is 85.5 Å². The first-order valence-corrected chi connectivity index (χ1v) is 4.89. The zero-order valence-electron chi connectivity index (χ0n) is 9.46. The summed E-state index contributed by atoms with van der Waals surface area (Å²) in [6.45, 7) is 8.03. The molecule has 0 aromatic heterocycles. The van der Waals surface area contributed by atoms with E-state index in [2.05, 4.69) is 4.74 Å². The molecule has 0 aliphatic rings. The third-order valence-corrected chi connectivity index (χ3v) is 1.39. The quantitative estimate of drug-likeness (QED) is 0.392. The topological polar surface area (TPSA) is 44.8 Å². The third kappa shape index (κ3) is 9.32. The van der Waals surface area contributed by atoms with Gasteiger partial charge in [0.2, 0.25) is 0 Å². The highest BCUT2D eigenvalue weighted by Gasteiger charge is 2.11. The van der Waals surface area contributed by atoms with Gasteiger partial charge in [-0.2, -0.15) is 0 Å². The normalized spacial score (nSPS) is 11.1. The molecule has 0 fully saturated rings. The Kier molecular flexibility index (Phi) is 6.28. The van der Waals surface area contributed by atoms with Gasteiger partial charge in [-0.1, -0.05) is 13.3 Å². The molecule has 0 radical (unpaired) electrons. The molecule has 0 aliphatic heterocycles. The van der Waals surface area contributed by atoms with Crippen LogP contribution in [0.2, 0.25) is 0 Å². The van der Waals surface area contributed by atoms with Crippen LogP contribution in [0.3, 0.4) is 0 Å². The lowest BCUT2D eigenvalue weighted by atomic mass is 10.2. The van der Waals surface area contributed by atoms with E-state index in [0.717, 1.165) is 12.8 Å². The molecule has 0 aromatic carbocycles. The van der Waals surface area contributed by atoms with Crippen molar-refractivity contribution in [2.75, 3.05) is 13.4 Å². The molecule has 84 valence electrons. The van der Waals surface area contributed by atoms with Crippen LogP contribution in [-0.4, -0.2) is 25.2 Å². The van der Waals surface area contributed by atoms with Crippen LogP contribution in [0.1, 0.15) is 40.5 Å². The van der Waals surface area contributed by atoms with Crippen molar-refractivity contribution in [3.05, 3.63) is 0 Å². The van der Waals surface area contributed by atoms with Crippen LogP contribution in [0.25, 0.3) is 0 Å². The van der Waals surface area contributed by atoms with Crippen molar-refractivity contribution in [1.82, 2.24) is 0 Å². The van der Waals surface area contributed by atoms with Gasteiger partial charge >= 0.3 is 6.16 Å². The maximum absolute atomic E-state index is 10.9. The summed E-state index contributed by atoms with van der Waals surface area (Å²) in [5.41, 5.74) is -0.302. The predicted molar refractivity (Wildman–Crippen MR) is 53.0 cm³/mol. The summed E-state index contributed by atoms with van der Waals surface area (Å²) in [5.74, 6) is 0. The molecule has 0 amide bonds. The molecule has 0 rings (SSSR count). The van der Waals surface area contributed by atoms with E-state index in [-0.39, 0.29) is 12.4 Å². The zero-order chi connectivity index (χ0) is 11.0. The van der Waals surface area contributed by atoms with E-state index < -0.39 is 6.16 Å². The van der Waals surface area contributed by atoms with Gasteiger partial charge < -0.3 is 14.2 Å². The van der Waals surface area contributed by atoms with Gasteiger partial charge in [0.05, 0.1) is 12.2 Å². The summed E-state index contributed by atoms with van der Waals surface area (Å²) in [7, 11) is 0. The number of hydrogen-bond acceptors (Lipinski definition) is 4. The number of unbranched alkanes of at least 4 members (excludes halogenated alkanes) is 1. The van der Waals surface area contributed by atoms with Crippen LogP contribution in [0.4, 0.5) is 4.79 Å². The second-order valence-corrected chi connectivity index (χ2v) is 3.97. The first-order chi connectivity index (χ1) is 6.45. The molecule has 0 spiro atoms. The second-order valence-electron chi connectivity index (χ2n) is 3.97. The van der Waals surface area contributed by atoms with Crippen LogP contribution in [0.5, 0.6) is 0 Å². The van der Waals surface area contributed by atoms with Crippen LogP contribution >= 0.6 is 0 Å². The van der Waals surface area contributed by atoms with E-state index in [1.807, 2.05) is 27.7 Å². The van der Waals surface area contributed by atoms with E-state index in [1.165, 1.54) is 0 Å². The van der Waals surface area contributed by atoms with E-state index in [4.69, 9.17) is 9.47 Å². The maximum Gasteiger partial charge on any atom is 0.510 e. The van der Waals surface area contributed by atoms with E-state index in [1.54, 1.807) is 0 Å². The summed E-state index contributed by atoms with van der Waals surface area (Å²) in [6, 6.07) is 0. The summed E-state index contributed by atoms with van der Waals surface area (Å²) >= 11 is 0. The van der Waals surface area contributed by atoms with Crippen LogP contribution in [0.15, 0.2) is 0 Å². The fraction of sp³-hybridized carbons (Fsp3) is 0.900. The Hall–Kier alpha value is -0.770. The molecule has 0 saturated carbocycles. The Balaban J connectivity index is 3.36. The monoisotopic (exact) mass is 204 g/mol. The molecule has 4 nitrogen and oxygen atoms in total. The number of ether oxygens (including phenoxy) is 3. The number of carbonyl (C=O) groups is 1. The Bertz CT molecular complexity index is 160. The van der Waals surface area contributed by atoms with E-state index >= 15 is 0 Å². The van der Waals surface area contributed by atoms with Gasteiger partial charge in [-0.25, -0.2) is 4.79 Å². The second kappa shape index (κ2) is 6.65. The van der Waals surface area contributed by atoms with Gasteiger partial charge in [-0.15, -0.1) is 0 Å². The zero-order valence-corrected chi connectivity index (χ0v) is 9.46. The Morgan fingerprint density at radius 3 is 2.36 bits per heavy atom. The van der Waals surface area contributed by atoms with Crippen molar-refractivity contribution < 1.29 is 19.0 Å². The van der Waals surface area contributed by atoms with Crippen molar-refractivity contribution in [3.8, 4) is 0 Å². The third-order valence-electron chi connectivity index (χ3n) is 1.39. The molecule has 4 heteroatoms. The SMILES string of the molecule is CCCCOC(=O)OCOC(C)(C)C. The summed E-state index contributed by atoms with van der Waals surface area (Å²) < 4.78 is 14.6. The lowest BCUT2D eigenvalue weighted by Gasteiger charge is -2.18. The van der Waals surface area contributed by atoms with E-state index in [0.29, 0.717) is 6.61 Å². The standard InChI is InChI=1S/C10H20O4/c1-5-6-7-12-9(11)13-8-14-10(2,3)4/h5-8H2,1-4H3. The Morgan fingerprint density at radius 1 is 1.21 bits per heavy atom. The summed E-state index contributed by atoms with van der Waals surface area (Å²) in [4.78, 5) is 10.9. The minimum atomic E-state index is -0.664. The highest BCUT2D eigenvalue weighted by Crippen LogP contribution is 2.06. The molecule has 0 aromatic rings. The predicted octanol–water partition coefficient (Wildman–Crippen LogP) is 2.71. The van der Waals surface area contributed by atoms with Crippen molar-refractivity contribution in [1.29, 1.82) is 0 Å². The average molecular weight is 204 g/mol. The smallest absolute Gasteiger partial charge is 0.434 e. The maximum atomic E-state index is 10.9. The average Bonchev–Trinajstić information content (AvgIpc) is 2.02. The van der Waals surface area contributed by atoms with Gasteiger partial charge in [-0.05, 0) is 27.2 Å². The van der Waals surface area contributed by atoms with Crippen molar-refractivity contribution in [3.63, 3.8) is 0 Å². The molecule has 14 heavy (non-hydrogen) atoms. The first-order valence-electron chi connectivity index (χ1n) is 4.89. The van der Waals surface area contributed by atoms with E-state index in [9.17, 15) is 4.79 Å². The fourth-order valence-corrected chi connectivity index (χ4v) is 0.596. The first kappa shape index (κ1) is 13.2. The minimum Gasteiger partial charge on any atom is -0.434 e. The molecule has 0 unspecified atom stereocenters. The molecular formula is C10H20O4. The largest absolute Gasteiger partial charge is 0.510 e. The molecule has 0 N–H and O–H groups in total. The molecule has 0 saturated heterocycles. The van der Waals surface area contributed by atoms with Crippen LogP contribution in [0, 0.1) is 0 Å². The molecule has 0 bridgehead atoms. The van der Waals surface area contributed by atoms with Gasteiger partial charge in [0.15, 0.2) is 6.79 Å². The van der Waals surface area contributed by atoms with Crippen molar-refractivity contribution in [2.24, 2.45) is 0 Å². The summed E-state index contributed by atoms with van der Waals surface area (Å²) in [5, 5.41) is 0. The van der Waals surface area contributed by atoms with Gasteiger partial charge in [-0.3, -0.25) is 0 Å². The number of carbonyl (C=O) groups excluding carboxylic acids is 1. The lowest BCUT2D eigenvalue weighted by Crippen LogP contribution is -2.22. The number of rotatable bonds is 5. The van der Waals surface area contributed by atoms with Gasteiger partial charge in [0.1, 0.15) is 0 Å². The van der Waals surface area contributed by atoms with Gasteiger partial charge in [0.25, 0.3) is 0 Å². The summed E-state index contributed by atoms with van der Waals surface area (Å²) in [6.07, 6.45) is 1.18. The van der Waals surface area contributed by atoms with Crippen LogP contribution < -0.4 is 0 Å². The fourth-order valence-electron chi connectivity index (χ4n) is 0.596. The van der Waals surface area contributed by atoms with Crippen molar-refractivity contribution >= 4 is 6.16 Å².